The summed E-state index contributed by atoms with van der Waals surface area (Å²) < 4.78 is 6.17. The molecule has 1 aliphatic carbocycles. The highest BCUT2D eigenvalue weighted by Gasteiger charge is 2.13. The van der Waals surface area contributed by atoms with Gasteiger partial charge in [-0.15, -0.1) is 0 Å². The Morgan fingerprint density at radius 2 is 2.00 bits per heavy atom. The molecule has 0 radical (unpaired) electrons. The summed E-state index contributed by atoms with van der Waals surface area (Å²) >= 11 is 0. The predicted octanol–water partition coefficient (Wildman–Crippen LogP) is 3.90. The van der Waals surface area contributed by atoms with Gasteiger partial charge in [0.15, 0.2) is 0 Å². The maximum absolute atomic E-state index is 6.17. The summed E-state index contributed by atoms with van der Waals surface area (Å²) in [7, 11) is 0. The highest BCUT2D eigenvalue weighted by atomic mass is 16.5. The number of hydrogen-bond donors (Lipinski definition) is 1. The van der Waals surface area contributed by atoms with Crippen molar-refractivity contribution in [3.63, 3.8) is 0 Å². The Hall–Kier alpha value is -1.28. The van der Waals surface area contributed by atoms with Gasteiger partial charge < -0.3 is 10.1 Å². The molecule has 0 aliphatic heterocycles. The van der Waals surface area contributed by atoms with Crippen molar-refractivity contribution in [2.75, 3.05) is 6.54 Å². The zero-order valence-electron chi connectivity index (χ0n) is 12.3. The molecule has 2 rings (SSSR count). The van der Waals surface area contributed by atoms with Crippen molar-refractivity contribution >= 4 is 0 Å². The fraction of sp³-hybridized carbons (Fsp3) is 0.529. The van der Waals surface area contributed by atoms with Crippen LogP contribution in [0.25, 0.3) is 0 Å². The molecule has 1 aromatic carbocycles. The molecule has 1 atom stereocenters. The molecule has 19 heavy (non-hydrogen) atoms. The highest BCUT2D eigenvalue weighted by molar-refractivity contribution is 5.43. The summed E-state index contributed by atoms with van der Waals surface area (Å²) in [6.45, 7) is 8.35. The van der Waals surface area contributed by atoms with Gasteiger partial charge in [0.2, 0.25) is 0 Å². The quantitative estimate of drug-likeness (QED) is 0.810. The first-order valence-electron chi connectivity index (χ1n) is 7.35. The Bertz CT molecular complexity index is 428. The molecule has 1 N–H and O–H groups in total. The monoisotopic (exact) mass is 259 g/mol. The average Bonchev–Trinajstić information content (AvgIpc) is 2.42. The molecule has 0 aromatic heterocycles. The van der Waals surface area contributed by atoms with E-state index in [2.05, 4.69) is 50.4 Å². The summed E-state index contributed by atoms with van der Waals surface area (Å²) in [4.78, 5) is 0. The van der Waals surface area contributed by atoms with Gasteiger partial charge in [0.25, 0.3) is 0 Å². The normalized spacial score (nSPS) is 18.6. The molecule has 2 nitrogen and oxygen atoms in total. The van der Waals surface area contributed by atoms with Crippen LogP contribution in [0.3, 0.4) is 0 Å². The van der Waals surface area contributed by atoms with Crippen molar-refractivity contribution < 1.29 is 4.74 Å². The number of ether oxygens (including phenoxy) is 1. The number of benzene rings is 1. The lowest BCUT2D eigenvalue weighted by molar-refractivity contribution is 0.227. The van der Waals surface area contributed by atoms with Crippen LogP contribution in [0.5, 0.6) is 5.75 Å². The van der Waals surface area contributed by atoms with Gasteiger partial charge in [-0.3, -0.25) is 0 Å². The molecule has 1 unspecified atom stereocenters. The summed E-state index contributed by atoms with van der Waals surface area (Å²) in [6, 6.07) is 4.47. The number of rotatable bonds is 5. The van der Waals surface area contributed by atoms with Crippen LogP contribution in [0.2, 0.25) is 0 Å². The maximum atomic E-state index is 6.17. The van der Waals surface area contributed by atoms with Crippen molar-refractivity contribution in [2.45, 2.75) is 52.7 Å². The van der Waals surface area contributed by atoms with Crippen LogP contribution in [0.4, 0.5) is 0 Å². The third-order valence-electron chi connectivity index (χ3n) is 3.58. The molecule has 0 saturated carbocycles. The second-order valence-electron chi connectivity index (χ2n) is 5.35. The van der Waals surface area contributed by atoms with Gasteiger partial charge in [-0.25, -0.2) is 0 Å². The van der Waals surface area contributed by atoms with Crippen LogP contribution in [-0.2, 0) is 6.54 Å². The Labute approximate surface area is 116 Å². The van der Waals surface area contributed by atoms with Crippen molar-refractivity contribution in [3.8, 4) is 5.75 Å². The van der Waals surface area contributed by atoms with Gasteiger partial charge in [0, 0.05) is 6.54 Å². The van der Waals surface area contributed by atoms with E-state index in [9.17, 15) is 0 Å². The second kappa shape index (κ2) is 6.76. The third kappa shape index (κ3) is 3.84. The molecule has 1 aromatic rings. The minimum Gasteiger partial charge on any atom is -0.486 e. The first-order valence-corrected chi connectivity index (χ1v) is 7.35. The van der Waals surface area contributed by atoms with Crippen LogP contribution in [0.1, 0.15) is 42.9 Å². The molecule has 104 valence electrons. The summed E-state index contributed by atoms with van der Waals surface area (Å²) in [6.07, 6.45) is 8.25. The minimum atomic E-state index is 0.255. The molecule has 0 fully saturated rings. The first kappa shape index (κ1) is 14.1. The van der Waals surface area contributed by atoms with E-state index >= 15 is 0 Å². The lowest BCUT2D eigenvalue weighted by Crippen LogP contribution is -2.17. The summed E-state index contributed by atoms with van der Waals surface area (Å²) in [5.74, 6) is 1.07. The molecular weight excluding hydrogens is 234 g/mol. The second-order valence-corrected chi connectivity index (χ2v) is 5.35. The molecule has 0 saturated heterocycles. The molecule has 0 amide bonds. The van der Waals surface area contributed by atoms with E-state index in [-0.39, 0.29) is 6.10 Å². The van der Waals surface area contributed by atoms with E-state index in [1.165, 1.54) is 29.5 Å². The molecule has 1 aliphatic rings. The Morgan fingerprint density at radius 3 is 2.58 bits per heavy atom. The summed E-state index contributed by atoms with van der Waals surface area (Å²) in [5.41, 5.74) is 3.82. The van der Waals surface area contributed by atoms with Crippen LogP contribution >= 0.6 is 0 Å². The zero-order valence-corrected chi connectivity index (χ0v) is 12.3. The Morgan fingerprint density at radius 1 is 1.26 bits per heavy atom. The molecule has 0 heterocycles. The van der Waals surface area contributed by atoms with Gasteiger partial charge in [-0.05, 0) is 62.4 Å². The highest BCUT2D eigenvalue weighted by Crippen LogP contribution is 2.28. The fourth-order valence-corrected chi connectivity index (χ4v) is 2.63. The van der Waals surface area contributed by atoms with E-state index in [0.29, 0.717) is 0 Å². The van der Waals surface area contributed by atoms with E-state index in [1.807, 2.05) is 0 Å². The number of allylic oxidation sites excluding steroid dienone is 1. The lowest BCUT2D eigenvalue weighted by Gasteiger charge is -2.22. The first-order chi connectivity index (χ1) is 9.20. The number of aryl methyl sites for hydroxylation is 2. The third-order valence-corrected chi connectivity index (χ3v) is 3.58. The van der Waals surface area contributed by atoms with E-state index < -0.39 is 0 Å². The lowest BCUT2D eigenvalue weighted by atomic mass is 10.0. The van der Waals surface area contributed by atoms with Crippen LogP contribution < -0.4 is 10.1 Å². The van der Waals surface area contributed by atoms with E-state index in [0.717, 1.165) is 25.3 Å². The minimum absolute atomic E-state index is 0.255. The average molecular weight is 259 g/mol. The van der Waals surface area contributed by atoms with Gasteiger partial charge in [-0.1, -0.05) is 25.1 Å². The molecule has 0 spiro atoms. The van der Waals surface area contributed by atoms with Crippen molar-refractivity contribution in [2.24, 2.45) is 0 Å². The van der Waals surface area contributed by atoms with Crippen molar-refractivity contribution in [1.29, 1.82) is 0 Å². The van der Waals surface area contributed by atoms with Crippen molar-refractivity contribution in [1.82, 2.24) is 5.32 Å². The SMILES string of the molecule is CCNCc1cc(C)c(OC2C=CCCC2)c(C)c1. The van der Waals surface area contributed by atoms with Crippen LogP contribution in [-0.4, -0.2) is 12.6 Å². The molecule has 0 bridgehead atoms. The number of nitrogens with one attached hydrogen (secondary N) is 1. The van der Waals surface area contributed by atoms with Gasteiger partial charge in [-0.2, -0.15) is 0 Å². The van der Waals surface area contributed by atoms with Crippen molar-refractivity contribution in [3.05, 3.63) is 41.0 Å². The standard InChI is InChI=1S/C17H25NO/c1-4-18-12-15-10-13(2)17(14(3)11-15)19-16-8-6-5-7-9-16/h6,8,10-11,16,18H,4-5,7,9,12H2,1-3H3. The largest absolute Gasteiger partial charge is 0.486 e. The van der Waals surface area contributed by atoms with E-state index in [4.69, 9.17) is 4.74 Å². The smallest absolute Gasteiger partial charge is 0.126 e. The maximum Gasteiger partial charge on any atom is 0.126 e. The Balaban J connectivity index is 2.11. The van der Waals surface area contributed by atoms with Crippen LogP contribution in [0.15, 0.2) is 24.3 Å². The Kier molecular flexibility index (Phi) is 5.03. The topological polar surface area (TPSA) is 21.3 Å². The van der Waals surface area contributed by atoms with Gasteiger partial charge in [0.05, 0.1) is 0 Å². The molecular formula is C17H25NO. The van der Waals surface area contributed by atoms with Gasteiger partial charge >= 0.3 is 0 Å². The van der Waals surface area contributed by atoms with E-state index in [1.54, 1.807) is 0 Å². The fourth-order valence-electron chi connectivity index (χ4n) is 2.63. The zero-order chi connectivity index (χ0) is 13.7. The predicted molar refractivity (Wildman–Crippen MR) is 80.7 cm³/mol. The molecule has 2 heteroatoms. The van der Waals surface area contributed by atoms with Gasteiger partial charge in [0.1, 0.15) is 11.9 Å². The summed E-state index contributed by atoms with van der Waals surface area (Å²) in [5, 5.41) is 3.37. The van der Waals surface area contributed by atoms with Crippen LogP contribution in [0, 0.1) is 13.8 Å². The number of hydrogen-bond acceptors (Lipinski definition) is 2.